The van der Waals surface area contributed by atoms with Crippen LogP contribution < -0.4 is 14.8 Å². The summed E-state index contributed by atoms with van der Waals surface area (Å²) in [6.07, 6.45) is -7.43. The Labute approximate surface area is 247 Å². The van der Waals surface area contributed by atoms with Gasteiger partial charge in [-0.1, -0.05) is 30.3 Å². The molecule has 0 aliphatic carbocycles. The van der Waals surface area contributed by atoms with Gasteiger partial charge in [-0.15, -0.1) is 0 Å². The molecule has 0 saturated carbocycles. The average molecular weight is 627 g/mol. The summed E-state index contributed by atoms with van der Waals surface area (Å²) in [5, 5.41) is 34.4. The summed E-state index contributed by atoms with van der Waals surface area (Å²) in [7, 11) is -1.81. The third kappa shape index (κ3) is 8.60. The fourth-order valence-electron chi connectivity index (χ4n) is 4.31. The molecule has 0 saturated heterocycles. The van der Waals surface area contributed by atoms with Gasteiger partial charge in [0.05, 0.1) is 48.5 Å². The van der Waals surface area contributed by atoms with Crippen LogP contribution in [0, 0.1) is 0 Å². The number of ether oxygens (including phenoxy) is 2. The van der Waals surface area contributed by atoms with Crippen molar-refractivity contribution in [3.63, 3.8) is 0 Å². The van der Waals surface area contributed by atoms with Crippen molar-refractivity contribution in [2.75, 3.05) is 27.3 Å². The Kier molecular flexibility index (Phi) is 11.0. The number of hydrogen-bond acceptors (Lipinski definition) is 8. The number of aliphatic hydroxyl groups is 2. The third-order valence-electron chi connectivity index (χ3n) is 6.50. The quantitative estimate of drug-likeness (QED) is 0.226. The Balaban J connectivity index is 1.94. The van der Waals surface area contributed by atoms with Crippen LogP contribution in [0.5, 0.6) is 17.2 Å². The topological polar surface area (TPSA) is 146 Å². The Morgan fingerprint density at radius 2 is 1.53 bits per heavy atom. The molecule has 43 heavy (non-hydrogen) atoms. The van der Waals surface area contributed by atoms with Crippen molar-refractivity contribution in [2.45, 2.75) is 42.7 Å². The van der Waals surface area contributed by atoms with Crippen LogP contribution in [0.1, 0.15) is 28.4 Å². The number of aliphatic hydroxyl groups excluding tert-OH is 2. The predicted molar refractivity (Wildman–Crippen MR) is 151 cm³/mol. The van der Waals surface area contributed by atoms with E-state index in [1.54, 1.807) is 30.3 Å². The van der Waals surface area contributed by atoms with Crippen LogP contribution >= 0.6 is 0 Å². The number of carbonyl (C=O) groups is 1. The molecule has 234 valence electrons. The monoisotopic (exact) mass is 626 g/mol. The van der Waals surface area contributed by atoms with E-state index in [-0.39, 0.29) is 23.5 Å². The van der Waals surface area contributed by atoms with Gasteiger partial charge in [0.15, 0.2) is 11.5 Å². The molecule has 0 aliphatic heterocycles. The predicted octanol–water partition coefficient (Wildman–Crippen LogP) is 3.20. The molecule has 0 fully saturated rings. The van der Waals surface area contributed by atoms with Crippen molar-refractivity contribution in [1.82, 2.24) is 9.62 Å². The molecular weight excluding hydrogens is 593 g/mol. The van der Waals surface area contributed by atoms with Crippen molar-refractivity contribution in [1.29, 1.82) is 0 Å². The van der Waals surface area contributed by atoms with Gasteiger partial charge in [0.2, 0.25) is 10.0 Å². The zero-order chi connectivity index (χ0) is 31.9. The van der Waals surface area contributed by atoms with Gasteiger partial charge >= 0.3 is 6.18 Å². The lowest BCUT2D eigenvalue weighted by molar-refractivity contribution is -0.137. The van der Waals surface area contributed by atoms with Crippen LogP contribution in [0.3, 0.4) is 0 Å². The number of phenols is 1. The molecule has 3 atom stereocenters. The molecule has 1 amide bonds. The first kappa shape index (κ1) is 33.6. The number of amides is 1. The standard InChI is InChI=1S/C29H33F3N2O8S/c1-18(35)16-34(43(39,40)21-11-9-20(10-12-21)29(30,31)32)17-25(37)23(13-19-7-5-4-6-8-19)33-28(38)22-14-26(41-2)27(42-3)15-24(22)36/h4-12,14-15,18,23,25,35-37H,13,16-17H2,1-3H3,(H,33,38)/t18-,23+,25-/m1/s1. The summed E-state index contributed by atoms with van der Waals surface area (Å²) < 4.78 is 77.0. The molecule has 3 rings (SSSR count). The van der Waals surface area contributed by atoms with Crippen molar-refractivity contribution >= 4 is 15.9 Å². The molecule has 4 N–H and O–H groups in total. The number of hydrogen-bond donors (Lipinski definition) is 4. The normalized spacial score (nSPS) is 14.2. The maximum atomic E-state index is 13.4. The van der Waals surface area contributed by atoms with Gasteiger partial charge in [0, 0.05) is 25.2 Å². The fraction of sp³-hybridized carbons (Fsp3) is 0.345. The van der Waals surface area contributed by atoms with Crippen LogP contribution in [-0.2, 0) is 22.6 Å². The Hall–Kier alpha value is -3.85. The van der Waals surface area contributed by atoms with E-state index in [1.807, 2.05) is 0 Å². The Bertz CT molecular complexity index is 1480. The van der Waals surface area contributed by atoms with Crippen LogP contribution in [-0.4, -0.2) is 79.5 Å². The molecule has 3 aromatic carbocycles. The number of carbonyl (C=O) groups excluding carboxylic acids is 1. The lowest BCUT2D eigenvalue weighted by Gasteiger charge is -2.30. The summed E-state index contributed by atoms with van der Waals surface area (Å²) in [5.41, 5.74) is -0.574. The van der Waals surface area contributed by atoms with E-state index in [9.17, 15) is 41.7 Å². The fourth-order valence-corrected chi connectivity index (χ4v) is 5.85. The van der Waals surface area contributed by atoms with Crippen molar-refractivity contribution in [2.24, 2.45) is 0 Å². The smallest absolute Gasteiger partial charge is 0.416 e. The number of nitrogens with zero attached hydrogens (tertiary/aromatic N) is 1. The van der Waals surface area contributed by atoms with Gasteiger partial charge in [0.1, 0.15) is 5.75 Å². The maximum Gasteiger partial charge on any atom is 0.416 e. The number of halogens is 3. The van der Waals surface area contributed by atoms with Crippen molar-refractivity contribution in [3.8, 4) is 17.2 Å². The van der Waals surface area contributed by atoms with Crippen LogP contribution in [0.4, 0.5) is 13.2 Å². The summed E-state index contributed by atoms with van der Waals surface area (Å²) >= 11 is 0. The molecule has 0 aliphatic rings. The van der Waals surface area contributed by atoms with E-state index in [0.29, 0.717) is 17.7 Å². The van der Waals surface area contributed by atoms with Crippen molar-refractivity contribution in [3.05, 3.63) is 83.4 Å². The average Bonchev–Trinajstić information content (AvgIpc) is 2.96. The minimum atomic E-state index is -4.68. The molecule has 0 heterocycles. The highest BCUT2D eigenvalue weighted by atomic mass is 32.2. The highest BCUT2D eigenvalue weighted by Crippen LogP contribution is 2.34. The number of aromatic hydroxyl groups is 1. The molecule has 0 radical (unpaired) electrons. The minimum Gasteiger partial charge on any atom is -0.507 e. The first-order valence-electron chi connectivity index (χ1n) is 13.0. The zero-order valence-electron chi connectivity index (χ0n) is 23.6. The van der Waals surface area contributed by atoms with Crippen molar-refractivity contribution < 1.29 is 51.2 Å². The molecular formula is C29H33F3N2O8S. The second kappa shape index (κ2) is 14.1. The Morgan fingerprint density at radius 1 is 0.953 bits per heavy atom. The molecule has 0 unspecified atom stereocenters. The summed E-state index contributed by atoms with van der Waals surface area (Å²) in [6.45, 7) is 0.178. The summed E-state index contributed by atoms with van der Waals surface area (Å²) in [5.74, 6) is -0.939. The summed E-state index contributed by atoms with van der Waals surface area (Å²) in [4.78, 5) is 12.8. The van der Waals surface area contributed by atoms with Crippen LogP contribution in [0.25, 0.3) is 0 Å². The van der Waals surface area contributed by atoms with Crippen LogP contribution in [0.2, 0.25) is 0 Å². The molecule has 3 aromatic rings. The van der Waals surface area contributed by atoms with Gasteiger partial charge in [-0.2, -0.15) is 17.5 Å². The lowest BCUT2D eigenvalue weighted by Crippen LogP contribution is -2.51. The van der Waals surface area contributed by atoms with E-state index >= 15 is 0 Å². The van der Waals surface area contributed by atoms with Gasteiger partial charge in [-0.05, 0) is 43.2 Å². The molecule has 0 spiro atoms. The van der Waals surface area contributed by atoms with E-state index in [0.717, 1.165) is 16.4 Å². The highest BCUT2D eigenvalue weighted by Gasteiger charge is 2.34. The lowest BCUT2D eigenvalue weighted by atomic mass is 10.00. The molecule has 14 heteroatoms. The number of rotatable bonds is 13. The first-order chi connectivity index (χ1) is 20.2. The number of alkyl halides is 3. The first-order valence-corrected chi connectivity index (χ1v) is 14.4. The SMILES string of the molecule is COc1cc(O)c(C(=O)N[C@@H](Cc2ccccc2)[C@H](O)CN(C[C@@H](C)O)S(=O)(=O)c2ccc(C(F)(F)F)cc2)cc1OC. The van der Waals surface area contributed by atoms with E-state index in [2.05, 4.69) is 5.32 Å². The number of phenolic OH excluding ortho intramolecular Hbond substituents is 1. The summed E-state index contributed by atoms with van der Waals surface area (Å²) in [6, 6.07) is 12.8. The zero-order valence-corrected chi connectivity index (χ0v) is 24.4. The van der Waals surface area contributed by atoms with E-state index < -0.39 is 69.7 Å². The highest BCUT2D eigenvalue weighted by molar-refractivity contribution is 7.89. The van der Waals surface area contributed by atoms with Gasteiger partial charge in [0.25, 0.3) is 5.91 Å². The molecule has 0 bridgehead atoms. The number of methoxy groups -OCH3 is 2. The largest absolute Gasteiger partial charge is 0.507 e. The molecule has 0 aromatic heterocycles. The second-order valence-corrected chi connectivity index (χ2v) is 11.7. The maximum absolute atomic E-state index is 13.4. The van der Waals surface area contributed by atoms with Gasteiger partial charge in [-0.3, -0.25) is 4.79 Å². The van der Waals surface area contributed by atoms with Gasteiger partial charge in [-0.25, -0.2) is 8.42 Å². The minimum absolute atomic E-state index is 0.0324. The number of nitrogens with one attached hydrogen (secondary N) is 1. The molecule has 10 nitrogen and oxygen atoms in total. The van der Waals surface area contributed by atoms with Crippen LogP contribution in [0.15, 0.2) is 71.6 Å². The second-order valence-electron chi connectivity index (χ2n) is 9.75. The van der Waals surface area contributed by atoms with E-state index in [4.69, 9.17) is 9.47 Å². The number of sulfonamides is 1. The third-order valence-corrected chi connectivity index (χ3v) is 8.35. The van der Waals surface area contributed by atoms with E-state index in [1.165, 1.54) is 33.3 Å². The number of benzene rings is 3. The Morgan fingerprint density at radius 3 is 2.07 bits per heavy atom. The van der Waals surface area contributed by atoms with Gasteiger partial charge < -0.3 is 30.1 Å².